The molecule has 1 aromatic heterocycles. The van der Waals surface area contributed by atoms with E-state index >= 15 is 0 Å². The van der Waals surface area contributed by atoms with Crippen molar-refractivity contribution < 1.29 is 4.79 Å². The summed E-state index contributed by atoms with van der Waals surface area (Å²) in [4.78, 5) is 21.5. The minimum absolute atomic E-state index is 0.00711. The molecule has 148 valence electrons. The molecule has 0 bridgehead atoms. The number of carbonyl (C=O) groups excluding carboxylic acids is 1. The van der Waals surface area contributed by atoms with Crippen molar-refractivity contribution in [3.63, 3.8) is 0 Å². The Morgan fingerprint density at radius 2 is 1.82 bits per heavy atom. The van der Waals surface area contributed by atoms with Crippen LogP contribution >= 0.6 is 11.3 Å². The fourth-order valence-corrected chi connectivity index (χ4v) is 5.24. The van der Waals surface area contributed by atoms with Gasteiger partial charge in [-0.2, -0.15) is 0 Å². The van der Waals surface area contributed by atoms with Crippen LogP contribution in [0.2, 0.25) is 0 Å². The van der Waals surface area contributed by atoms with Gasteiger partial charge in [0.2, 0.25) is 5.91 Å². The Morgan fingerprint density at radius 3 is 2.54 bits per heavy atom. The highest BCUT2D eigenvalue weighted by Crippen LogP contribution is 2.26. The molecule has 0 saturated carbocycles. The molecule has 1 saturated heterocycles. The van der Waals surface area contributed by atoms with Crippen LogP contribution in [-0.2, 0) is 17.8 Å². The molecule has 1 amide bonds. The summed E-state index contributed by atoms with van der Waals surface area (Å²) >= 11 is 1.82. The maximum atomic E-state index is 13.3. The van der Waals surface area contributed by atoms with E-state index in [0.29, 0.717) is 5.91 Å². The molecule has 28 heavy (non-hydrogen) atoms. The minimum Gasteiger partial charge on any atom is -0.369 e. The minimum atomic E-state index is -0.00711. The molecular formula is C23H29N3OS. The number of benzene rings is 1. The number of fused-ring (bicyclic) bond motifs is 1. The molecule has 5 heteroatoms. The zero-order valence-corrected chi connectivity index (χ0v) is 17.5. The molecular weight excluding hydrogens is 366 g/mol. The van der Waals surface area contributed by atoms with E-state index in [2.05, 4.69) is 63.9 Å². The quantitative estimate of drug-likeness (QED) is 0.772. The van der Waals surface area contributed by atoms with E-state index in [1.807, 2.05) is 17.4 Å². The summed E-state index contributed by atoms with van der Waals surface area (Å²) in [7, 11) is 0. The topological polar surface area (TPSA) is 26.8 Å². The van der Waals surface area contributed by atoms with Gasteiger partial charge in [-0.3, -0.25) is 9.69 Å². The standard InChI is InChI=1S/C23H29N3OS/c1-3-21(23(27)26-11-9-22-20(17-26)10-16-28-22)25-14-12-24(13-15-25)18(2)19-7-5-4-6-8-19/h4-8,10,16,21H,2-3,9,11-15,17H2,1H3. The largest absolute Gasteiger partial charge is 0.369 e. The third kappa shape index (κ3) is 3.87. The second-order valence-electron chi connectivity index (χ2n) is 7.64. The normalized spacial score (nSPS) is 18.6. The van der Waals surface area contributed by atoms with Crippen molar-refractivity contribution in [3.8, 4) is 0 Å². The van der Waals surface area contributed by atoms with E-state index in [1.54, 1.807) is 0 Å². The first-order chi connectivity index (χ1) is 13.7. The first-order valence-corrected chi connectivity index (χ1v) is 11.1. The highest BCUT2D eigenvalue weighted by Gasteiger charge is 2.32. The third-order valence-electron chi connectivity index (χ3n) is 6.03. The van der Waals surface area contributed by atoms with E-state index in [9.17, 15) is 4.79 Å². The van der Waals surface area contributed by atoms with E-state index in [4.69, 9.17) is 0 Å². The van der Waals surface area contributed by atoms with Crippen LogP contribution in [-0.4, -0.2) is 59.4 Å². The molecule has 0 radical (unpaired) electrons. The fourth-order valence-electron chi connectivity index (χ4n) is 4.35. The van der Waals surface area contributed by atoms with E-state index in [-0.39, 0.29) is 6.04 Å². The molecule has 0 spiro atoms. The van der Waals surface area contributed by atoms with Gasteiger partial charge < -0.3 is 9.80 Å². The molecule has 2 aromatic rings. The van der Waals surface area contributed by atoms with Gasteiger partial charge in [0.1, 0.15) is 0 Å². The van der Waals surface area contributed by atoms with Crippen LogP contribution in [0.5, 0.6) is 0 Å². The average Bonchev–Trinajstić information content (AvgIpc) is 3.22. The second kappa shape index (κ2) is 8.50. The molecule has 2 aliphatic rings. The zero-order chi connectivity index (χ0) is 19.5. The highest BCUT2D eigenvalue weighted by molar-refractivity contribution is 7.10. The number of nitrogens with zero attached hydrogens (tertiary/aromatic N) is 3. The Morgan fingerprint density at radius 1 is 1.07 bits per heavy atom. The van der Waals surface area contributed by atoms with Crippen LogP contribution in [0.4, 0.5) is 0 Å². The predicted molar refractivity (Wildman–Crippen MR) is 116 cm³/mol. The summed E-state index contributed by atoms with van der Waals surface area (Å²) in [6, 6.07) is 12.5. The van der Waals surface area contributed by atoms with Gasteiger partial charge in [0.15, 0.2) is 0 Å². The number of piperazine rings is 1. The van der Waals surface area contributed by atoms with E-state index in [0.717, 1.165) is 57.8 Å². The lowest BCUT2D eigenvalue weighted by molar-refractivity contribution is -0.138. The fraction of sp³-hybridized carbons (Fsp3) is 0.435. The first-order valence-electron chi connectivity index (χ1n) is 10.2. The number of thiophene rings is 1. The highest BCUT2D eigenvalue weighted by atomic mass is 32.1. The van der Waals surface area contributed by atoms with Crippen molar-refractivity contribution >= 4 is 22.9 Å². The van der Waals surface area contributed by atoms with Gasteiger partial charge in [0, 0.05) is 49.8 Å². The van der Waals surface area contributed by atoms with Gasteiger partial charge in [-0.05, 0) is 35.4 Å². The van der Waals surface area contributed by atoms with Crippen LogP contribution in [0, 0.1) is 0 Å². The number of rotatable bonds is 5. The van der Waals surface area contributed by atoms with Gasteiger partial charge in [0.05, 0.1) is 6.04 Å². The maximum Gasteiger partial charge on any atom is 0.240 e. The van der Waals surface area contributed by atoms with E-state index in [1.165, 1.54) is 16.0 Å². The summed E-state index contributed by atoms with van der Waals surface area (Å²) in [5, 5.41) is 2.15. The summed E-state index contributed by atoms with van der Waals surface area (Å²) < 4.78 is 0. The van der Waals surface area contributed by atoms with Crippen LogP contribution in [0.3, 0.4) is 0 Å². The Labute approximate surface area is 172 Å². The van der Waals surface area contributed by atoms with Crippen LogP contribution < -0.4 is 0 Å². The van der Waals surface area contributed by atoms with Crippen LogP contribution in [0.25, 0.3) is 5.70 Å². The average molecular weight is 396 g/mol. The monoisotopic (exact) mass is 395 g/mol. The van der Waals surface area contributed by atoms with Gasteiger partial charge in [-0.1, -0.05) is 43.8 Å². The first kappa shape index (κ1) is 19.2. The molecule has 1 unspecified atom stereocenters. The number of hydrogen-bond acceptors (Lipinski definition) is 4. The molecule has 0 N–H and O–H groups in total. The van der Waals surface area contributed by atoms with Crippen molar-refractivity contribution in [2.24, 2.45) is 0 Å². The van der Waals surface area contributed by atoms with Crippen molar-refractivity contribution in [3.05, 3.63) is 64.4 Å². The van der Waals surface area contributed by atoms with Crippen LogP contribution in [0.1, 0.15) is 29.3 Å². The summed E-state index contributed by atoms with van der Waals surface area (Å²) in [5.41, 5.74) is 3.60. The zero-order valence-electron chi connectivity index (χ0n) is 16.6. The van der Waals surface area contributed by atoms with Crippen molar-refractivity contribution in [2.75, 3.05) is 32.7 Å². The second-order valence-corrected chi connectivity index (χ2v) is 8.64. The Balaban J connectivity index is 1.36. The number of amides is 1. The van der Waals surface area contributed by atoms with E-state index < -0.39 is 0 Å². The third-order valence-corrected chi connectivity index (χ3v) is 7.06. The SMILES string of the molecule is C=C(c1ccccc1)N1CCN(C(CC)C(=O)N2CCc3sccc3C2)CC1. The molecule has 4 rings (SSSR count). The Kier molecular flexibility index (Phi) is 5.83. The lowest BCUT2D eigenvalue weighted by Crippen LogP contribution is -2.55. The van der Waals surface area contributed by atoms with Gasteiger partial charge in [-0.25, -0.2) is 0 Å². The summed E-state index contributed by atoms with van der Waals surface area (Å²) in [6.07, 6.45) is 1.87. The molecule has 2 aliphatic heterocycles. The lowest BCUT2D eigenvalue weighted by atomic mass is 10.1. The predicted octanol–water partition coefficient (Wildman–Crippen LogP) is 3.70. The molecule has 3 heterocycles. The molecule has 1 fully saturated rings. The number of hydrogen-bond donors (Lipinski definition) is 0. The smallest absolute Gasteiger partial charge is 0.240 e. The molecule has 0 aliphatic carbocycles. The molecule has 1 atom stereocenters. The summed E-state index contributed by atoms with van der Waals surface area (Å²) in [5.74, 6) is 0.301. The summed E-state index contributed by atoms with van der Waals surface area (Å²) in [6.45, 7) is 11.7. The van der Waals surface area contributed by atoms with Crippen LogP contribution in [0.15, 0.2) is 48.4 Å². The maximum absolute atomic E-state index is 13.3. The number of carbonyl (C=O) groups is 1. The van der Waals surface area contributed by atoms with Crippen molar-refractivity contribution in [1.82, 2.24) is 14.7 Å². The van der Waals surface area contributed by atoms with Gasteiger partial charge in [-0.15, -0.1) is 11.3 Å². The molecule has 4 nitrogen and oxygen atoms in total. The molecule has 1 aromatic carbocycles. The van der Waals surface area contributed by atoms with Crippen molar-refractivity contribution in [1.29, 1.82) is 0 Å². The van der Waals surface area contributed by atoms with Gasteiger partial charge in [0.25, 0.3) is 0 Å². The lowest BCUT2D eigenvalue weighted by Gasteiger charge is -2.41. The Bertz CT molecular complexity index is 823. The van der Waals surface area contributed by atoms with Crippen molar-refractivity contribution in [2.45, 2.75) is 32.4 Å². The Hall–Kier alpha value is -2.11. The van der Waals surface area contributed by atoms with Gasteiger partial charge >= 0.3 is 0 Å².